The molecule has 5 heteroatoms. The summed E-state index contributed by atoms with van der Waals surface area (Å²) in [5.74, 6) is 0.567. The number of aryl methyl sites for hydroxylation is 1. The van der Waals surface area contributed by atoms with E-state index >= 15 is 0 Å². The van der Waals surface area contributed by atoms with E-state index in [9.17, 15) is 10.1 Å². The molecule has 160 valence electrons. The van der Waals surface area contributed by atoms with Crippen molar-refractivity contribution in [1.29, 1.82) is 5.26 Å². The largest absolute Gasteiger partial charge is 0.425 e. The van der Waals surface area contributed by atoms with Crippen LogP contribution in [0.1, 0.15) is 77.7 Å². The lowest BCUT2D eigenvalue weighted by Crippen LogP contribution is -2.30. The molecule has 5 nitrogen and oxygen atoms in total. The zero-order chi connectivity index (χ0) is 21.8. The van der Waals surface area contributed by atoms with Crippen molar-refractivity contribution in [3.8, 4) is 23.2 Å². The van der Waals surface area contributed by atoms with E-state index in [2.05, 4.69) is 29.9 Å². The van der Waals surface area contributed by atoms with E-state index in [1.54, 1.807) is 19.1 Å². The molecule has 0 aliphatic heterocycles. The maximum atomic E-state index is 12.5. The van der Waals surface area contributed by atoms with Crippen LogP contribution in [0.4, 0.5) is 0 Å². The summed E-state index contributed by atoms with van der Waals surface area (Å²) in [6.45, 7) is 5.95. The predicted molar refractivity (Wildman–Crippen MR) is 119 cm³/mol. The quantitative estimate of drug-likeness (QED) is 0.235. The van der Waals surface area contributed by atoms with Crippen LogP contribution in [0.2, 0.25) is 0 Å². The standard InChI is InChI=1S/C25H33N3O2/c1-4-6-8-9-11-20-17-27-23(28-18-20)21-12-14-22(15-13-21)30-24(29)25(3,19-26)16-10-7-5-2/h12-15,17-18H,4-11,16H2,1-3H3. The molecule has 0 fully saturated rings. The summed E-state index contributed by atoms with van der Waals surface area (Å²) in [5.41, 5.74) is 0.891. The Kier molecular flexibility index (Phi) is 9.47. The molecule has 0 spiro atoms. The number of unbranched alkanes of at least 4 members (excludes halogenated alkanes) is 5. The molecule has 1 heterocycles. The zero-order valence-electron chi connectivity index (χ0n) is 18.5. The van der Waals surface area contributed by atoms with Gasteiger partial charge in [-0.05, 0) is 56.0 Å². The SMILES string of the molecule is CCCCCCc1cnc(-c2ccc(OC(=O)C(C)(C#N)CCCCC)cc2)nc1. The third-order valence-electron chi connectivity index (χ3n) is 5.32. The Morgan fingerprint density at radius 3 is 2.23 bits per heavy atom. The molecular formula is C25H33N3O2. The lowest BCUT2D eigenvalue weighted by Gasteiger charge is -2.19. The van der Waals surface area contributed by atoms with Crippen molar-refractivity contribution in [2.75, 3.05) is 0 Å². The van der Waals surface area contributed by atoms with Gasteiger partial charge >= 0.3 is 5.97 Å². The second kappa shape index (κ2) is 12.1. The molecule has 0 saturated carbocycles. The van der Waals surface area contributed by atoms with Crippen LogP contribution in [0.3, 0.4) is 0 Å². The van der Waals surface area contributed by atoms with Gasteiger partial charge in [0.2, 0.25) is 0 Å². The molecule has 2 aromatic rings. The molecule has 2 rings (SSSR count). The second-order valence-corrected chi connectivity index (χ2v) is 8.04. The average molecular weight is 408 g/mol. The van der Waals surface area contributed by atoms with Crippen molar-refractivity contribution in [2.24, 2.45) is 5.41 Å². The molecule has 0 bridgehead atoms. The highest BCUT2D eigenvalue weighted by molar-refractivity contribution is 5.81. The Morgan fingerprint density at radius 2 is 1.63 bits per heavy atom. The van der Waals surface area contributed by atoms with Gasteiger partial charge in [0.25, 0.3) is 0 Å². The number of aromatic nitrogens is 2. The van der Waals surface area contributed by atoms with E-state index in [4.69, 9.17) is 4.74 Å². The van der Waals surface area contributed by atoms with Crippen LogP contribution in [0.25, 0.3) is 11.4 Å². The highest BCUT2D eigenvalue weighted by atomic mass is 16.5. The number of hydrogen-bond acceptors (Lipinski definition) is 5. The Hall–Kier alpha value is -2.74. The topological polar surface area (TPSA) is 75.9 Å². The number of benzene rings is 1. The van der Waals surface area contributed by atoms with Crippen molar-refractivity contribution in [3.05, 3.63) is 42.2 Å². The van der Waals surface area contributed by atoms with Crippen molar-refractivity contribution >= 4 is 5.97 Å². The van der Waals surface area contributed by atoms with Crippen molar-refractivity contribution < 1.29 is 9.53 Å². The monoisotopic (exact) mass is 407 g/mol. The smallest absolute Gasteiger partial charge is 0.331 e. The number of carbonyl (C=O) groups excluding carboxylic acids is 1. The van der Waals surface area contributed by atoms with Gasteiger partial charge in [0.1, 0.15) is 5.75 Å². The summed E-state index contributed by atoms with van der Waals surface area (Å²) >= 11 is 0. The highest BCUT2D eigenvalue weighted by Crippen LogP contribution is 2.27. The van der Waals surface area contributed by atoms with Crippen LogP contribution < -0.4 is 4.74 Å². The fraction of sp³-hybridized carbons (Fsp3) is 0.520. The van der Waals surface area contributed by atoms with Gasteiger partial charge < -0.3 is 4.74 Å². The fourth-order valence-electron chi connectivity index (χ4n) is 3.21. The molecule has 1 atom stereocenters. The summed E-state index contributed by atoms with van der Waals surface area (Å²) in [5, 5.41) is 9.46. The lowest BCUT2D eigenvalue weighted by atomic mass is 9.86. The van der Waals surface area contributed by atoms with E-state index in [-0.39, 0.29) is 0 Å². The van der Waals surface area contributed by atoms with Crippen molar-refractivity contribution in [3.63, 3.8) is 0 Å². The number of ether oxygens (including phenoxy) is 1. The van der Waals surface area contributed by atoms with E-state index in [0.717, 1.165) is 43.2 Å². The van der Waals surface area contributed by atoms with Gasteiger partial charge in [-0.15, -0.1) is 0 Å². The summed E-state index contributed by atoms with van der Waals surface area (Å²) in [4.78, 5) is 21.5. The van der Waals surface area contributed by atoms with Crippen LogP contribution in [-0.4, -0.2) is 15.9 Å². The van der Waals surface area contributed by atoms with Crippen LogP contribution >= 0.6 is 0 Å². The molecule has 0 radical (unpaired) electrons. The van der Waals surface area contributed by atoms with E-state index < -0.39 is 11.4 Å². The lowest BCUT2D eigenvalue weighted by molar-refractivity contribution is -0.142. The van der Waals surface area contributed by atoms with Crippen LogP contribution in [0.15, 0.2) is 36.7 Å². The Balaban J connectivity index is 1.96. The van der Waals surface area contributed by atoms with E-state index in [0.29, 0.717) is 18.0 Å². The molecule has 0 amide bonds. The molecule has 0 aliphatic carbocycles. The molecule has 0 N–H and O–H groups in total. The molecule has 1 aromatic heterocycles. The first-order valence-electron chi connectivity index (χ1n) is 11.1. The number of carbonyl (C=O) groups is 1. The number of rotatable bonds is 12. The summed E-state index contributed by atoms with van der Waals surface area (Å²) in [6, 6.07) is 9.24. The minimum Gasteiger partial charge on any atom is -0.425 e. The Labute approximate surface area is 180 Å². The van der Waals surface area contributed by atoms with Gasteiger partial charge in [-0.2, -0.15) is 5.26 Å². The predicted octanol–water partition coefficient (Wildman–Crippen LogP) is 6.28. The fourth-order valence-corrected chi connectivity index (χ4v) is 3.21. The average Bonchev–Trinajstić information content (AvgIpc) is 2.77. The normalized spacial score (nSPS) is 12.7. The van der Waals surface area contributed by atoms with Gasteiger partial charge in [-0.25, -0.2) is 14.8 Å². The molecule has 1 unspecified atom stereocenters. The van der Waals surface area contributed by atoms with Gasteiger partial charge in [0.15, 0.2) is 11.2 Å². The van der Waals surface area contributed by atoms with Gasteiger partial charge in [0.05, 0.1) is 6.07 Å². The molecule has 1 aromatic carbocycles. The molecular weight excluding hydrogens is 374 g/mol. The van der Waals surface area contributed by atoms with Gasteiger partial charge in [0, 0.05) is 18.0 Å². The first-order chi connectivity index (χ1) is 14.5. The number of nitrogens with zero attached hydrogens (tertiary/aromatic N) is 3. The van der Waals surface area contributed by atoms with Crippen molar-refractivity contribution in [2.45, 2.75) is 78.6 Å². The Morgan fingerprint density at radius 1 is 1.00 bits per heavy atom. The summed E-state index contributed by atoms with van der Waals surface area (Å²) in [6.07, 6.45) is 13.1. The molecule has 0 saturated heterocycles. The minimum absolute atomic E-state index is 0.424. The third kappa shape index (κ3) is 6.95. The van der Waals surface area contributed by atoms with Crippen LogP contribution in [0.5, 0.6) is 5.75 Å². The highest BCUT2D eigenvalue weighted by Gasteiger charge is 2.35. The first kappa shape index (κ1) is 23.5. The van der Waals surface area contributed by atoms with Crippen LogP contribution in [-0.2, 0) is 11.2 Å². The maximum absolute atomic E-state index is 12.5. The van der Waals surface area contributed by atoms with Gasteiger partial charge in [-0.3, -0.25) is 0 Å². The van der Waals surface area contributed by atoms with E-state index in [1.165, 1.54) is 19.3 Å². The maximum Gasteiger partial charge on any atom is 0.331 e. The van der Waals surface area contributed by atoms with E-state index in [1.807, 2.05) is 24.5 Å². The van der Waals surface area contributed by atoms with Gasteiger partial charge in [-0.1, -0.05) is 52.4 Å². The second-order valence-electron chi connectivity index (χ2n) is 8.04. The molecule has 30 heavy (non-hydrogen) atoms. The first-order valence-corrected chi connectivity index (χ1v) is 11.1. The third-order valence-corrected chi connectivity index (χ3v) is 5.32. The van der Waals surface area contributed by atoms with Crippen LogP contribution in [0, 0.1) is 16.7 Å². The Bertz CT molecular complexity index is 825. The number of nitriles is 1. The van der Waals surface area contributed by atoms with Crippen molar-refractivity contribution in [1.82, 2.24) is 9.97 Å². The summed E-state index contributed by atoms with van der Waals surface area (Å²) in [7, 11) is 0. The zero-order valence-corrected chi connectivity index (χ0v) is 18.5. The molecule has 0 aliphatic rings. The number of esters is 1. The summed E-state index contributed by atoms with van der Waals surface area (Å²) < 4.78 is 5.47. The minimum atomic E-state index is -1.12. The number of hydrogen-bond donors (Lipinski definition) is 0.